The molecule has 0 fully saturated rings. The van der Waals surface area contributed by atoms with Crippen LogP contribution in [-0.2, 0) is 11.2 Å². The number of hydrogen-bond acceptors (Lipinski definition) is 3. The molecule has 96 valence electrons. The van der Waals surface area contributed by atoms with Gasteiger partial charge in [-0.2, -0.15) is 9.37 Å². The van der Waals surface area contributed by atoms with Crippen LogP contribution in [0.3, 0.4) is 0 Å². The molecule has 0 aliphatic rings. The predicted octanol–water partition coefficient (Wildman–Crippen LogP) is 2.73. The molecule has 0 aliphatic heterocycles. The second kappa shape index (κ2) is 4.99. The van der Waals surface area contributed by atoms with E-state index < -0.39 is 16.7 Å². The Morgan fingerprint density at radius 3 is 2.68 bits per heavy atom. The summed E-state index contributed by atoms with van der Waals surface area (Å²) in [4.78, 5) is 10.9. The predicted molar refractivity (Wildman–Crippen MR) is 70.6 cm³/mol. The van der Waals surface area contributed by atoms with Gasteiger partial charge < -0.3 is 4.55 Å². The van der Waals surface area contributed by atoms with Gasteiger partial charge in [0.25, 0.3) is 0 Å². The molecule has 0 aliphatic carbocycles. The van der Waals surface area contributed by atoms with E-state index in [1.54, 1.807) is 24.3 Å². The zero-order chi connectivity index (χ0) is 13.2. The molecule has 1 aromatic carbocycles. The van der Waals surface area contributed by atoms with Gasteiger partial charge in [0.1, 0.15) is 5.69 Å². The van der Waals surface area contributed by atoms with E-state index >= 15 is 0 Å². The van der Waals surface area contributed by atoms with Gasteiger partial charge in [-0.15, -0.1) is 0 Å². The van der Waals surface area contributed by atoms with Crippen LogP contribution in [0.4, 0.5) is 4.39 Å². The number of imidazole rings is 1. The molecule has 0 amide bonds. The Labute approximate surface area is 111 Å². The van der Waals surface area contributed by atoms with Crippen LogP contribution in [0, 0.1) is 0 Å². The van der Waals surface area contributed by atoms with Crippen molar-refractivity contribution in [3.05, 3.63) is 54.4 Å². The van der Waals surface area contributed by atoms with Crippen LogP contribution in [0.5, 0.6) is 0 Å². The molecule has 2 aromatic heterocycles. The van der Waals surface area contributed by atoms with Gasteiger partial charge in [0.2, 0.25) is 0 Å². The number of para-hydroxylation sites is 2. The van der Waals surface area contributed by atoms with Crippen molar-refractivity contribution in [1.29, 1.82) is 0 Å². The maximum Gasteiger partial charge on any atom is 0.324 e. The summed E-state index contributed by atoms with van der Waals surface area (Å²) in [6.07, 6.45) is 1.47. The van der Waals surface area contributed by atoms with E-state index in [-0.39, 0.29) is 10.9 Å². The van der Waals surface area contributed by atoms with Gasteiger partial charge in [-0.05, 0) is 24.3 Å². The Morgan fingerprint density at radius 1 is 1.16 bits per heavy atom. The minimum Gasteiger partial charge on any atom is -0.606 e. The number of alkyl halides is 1. The Bertz CT molecular complexity index is 655. The number of hydrogen-bond donors (Lipinski definition) is 1. The van der Waals surface area contributed by atoms with E-state index in [1.165, 1.54) is 12.3 Å². The third kappa shape index (κ3) is 2.32. The van der Waals surface area contributed by atoms with Crippen molar-refractivity contribution in [2.75, 3.05) is 0 Å². The summed E-state index contributed by atoms with van der Waals surface area (Å²) < 4.78 is 26.2. The normalized spacial score (nSPS) is 14.4. The molecule has 1 N–H and O–H groups in total. The Morgan fingerprint density at radius 2 is 1.95 bits per heavy atom. The fourth-order valence-electron chi connectivity index (χ4n) is 1.74. The number of fused-ring (bicyclic) bond motifs is 1. The van der Waals surface area contributed by atoms with E-state index in [0.29, 0.717) is 5.52 Å². The summed E-state index contributed by atoms with van der Waals surface area (Å²) in [5.74, 6) is 0. The lowest BCUT2D eigenvalue weighted by atomic mass is 10.3. The largest absolute Gasteiger partial charge is 0.606 e. The highest BCUT2D eigenvalue weighted by atomic mass is 32.2. The van der Waals surface area contributed by atoms with Crippen LogP contribution in [0.2, 0.25) is 0 Å². The summed E-state index contributed by atoms with van der Waals surface area (Å²) in [5.41, 5.74) is -0.152. The third-order valence-electron chi connectivity index (χ3n) is 2.67. The molecule has 3 aromatic rings. The summed E-state index contributed by atoms with van der Waals surface area (Å²) >= 11 is -1.91. The van der Waals surface area contributed by atoms with E-state index in [1.807, 2.05) is 12.1 Å². The Kier molecular flexibility index (Phi) is 3.18. The highest BCUT2D eigenvalue weighted by molar-refractivity contribution is 7.91. The van der Waals surface area contributed by atoms with Crippen LogP contribution in [0.15, 0.2) is 53.8 Å². The van der Waals surface area contributed by atoms with Gasteiger partial charge in [-0.1, -0.05) is 18.2 Å². The molecule has 2 unspecified atom stereocenters. The zero-order valence-electron chi connectivity index (χ0n) is 9.79. The highest BCUT2D eigenvalue weighted by Crippen LogP contribution is 2.28. The number of H-pyrrole nitrogens is 1. The number of aromatic nitrogens is 3. The van der Waals surface area contributed by atoms with Gasteiger partial charge in [0.15, 0.2) is 0 Å². The maximum atomic E-state index is 14.1. The van der Waals surface area contributed by atoms with Crippen molar-refractivity contribution in [2.24, 2.45) is 0 Å². The molecular formula is C13H10FN3OS. The molecule has 6 heteroatoms. The van der Waals surface area contributed by atoms with Crippen molar-refractivity contribution in [3.63, 3.8) is 0 Å². The molecule has 0 bridgehead atoms. The van der Waals surface area contributed by atoms with E-state index in [9.17, 15) is 8.94 Å². The number of nitrogens with zero attached hydrogens (tertiary/aromatic N) is 2. The molecular weight excluding hydrogens is 265 g/mol. The summed E-state index contributed by atoms with van der Waals surface area (Å²) in [7, 11) is 0. The molecule has 0 radical (unpaired) electrons. The van der Waals surface area contributed by atoms with Crippen molar-refractivity contribution >= 4 is 22.2 Å². The highest BCUT2D eigenvalue weighted by Gasteiger charge is 2.30. The minimum absolute atomic E-state index is 0.124. The SMILES string of the molecule is [O-][S+](c1nc2ccccc2[nH]1)C(F)c1ccccn1. The lowest BCUT2D eigenvalue weighted by Gasteiger charge is -2.10. The standard InChI is InChI=1S/C13H10FN3OS/c14-12(11-7-3-4-8-15-11)19(18)13-16-9-5-1-2-6-10(9)17-13/h1-8,12H,(H,16,17). The summed E-state index contributed by atoms with van der Waals surface area (Å²) in [6, 6.07) is 12.1. The van der Waals surface area contributed by atoms with Crippen LogP contribution in [-0.4, -0.2) is 19.5 Å². The van der Waals surface area contributed by atoms with Gasteiger partial charge >= 0.3 is 10.7 Å². The third-order valence-corrected chi connectivity index (χ3v) is 3.86. The quantitative estimate of drug-likeness (QED) is 0.747. The van der Waals surface area contributed by atoms with Crippen molar-refractivity contribution in [3.8, 4) is 0 Å². The fourth-order valence-corrected chi connectivity index (χ4v) is 2.70. The van der Waals surface area contributed by atoms with Gasteiger partial charge in [0, 0.05) is 6.20 Å². The van der Waals surface area contributed by atoms with Crippen LogP contribution >= 0.6 is 0 Å². The smallest absolute Gasteiger partial charge is 0.324 e. The Balaban J connectivity index is 1.93. The molecule has 2 atom stereocenters. The first-order chi connectivity index (χ1) is 9.25. The zero-order valence-corrected chi connectivity index (χ0v) is 10.6. The topological polar surface area (TPSA) is 64.6 Å². The monoisotopic (exact) mass is 275 g/mol. The second-order valence-corrected chi connectivity index (χ2v) is 5.32. The van der Waals surface area contributed by atoms with Crippen molar-refractivity contribution < 1.29 is 8.94 Å². The van der Waals surface area contributed by atoms with Gasteiger partial charge in [0.05, 0.1) is 22.2 Å². The number of aromatic amines is 1. The molecule has 2 heterocycles. The average Bonchev–Trinajstić information content (AvgIpc) is 2.90. The molecule has 0 spiro atoms. The van der Waals surface area contributed by atoms with E-state index in [4.69, 9.17) is 0 Å². The van der Waals surface area contributed by atoms with Crippen LogP contribution in [0.1, 0.15) is 11.2 Å². The van der Waals surface area contributed by atoms with Crippen LogP contribution < -0.4 is 0 Å². The fraction of sp³-hybridized carbons (Fsp3) is 0.0769. The average molecular weight is 275 g/mol. The molecule has 4 nitrogen and oxygen atoms in total. The lowest BCUT2D eigenvalue weighted by Crippen LogP contribution is -2.12. The number of halogens is 1. The second-order valence-electron chi connectivity index (χ2n) is 3.93. The van der Waals surface area contributed by atoms with Crippen molar-refractivity contribution in [2.45, 2.75) is 10.7 Å². The number of nitrogens with one attached hydrogen (secondary N) is 1. The van der Waals surface area contributed by atoms with Gasteiger partial charge in [-0.25, -0.2) is 0 Å². The number of pyridine rings is 1. The molecule has 3 rings (SSSR count). The van der Waals surface area contributed by atoms with E-state index in [2.05, 4.69) is 15.0 Å². The van der Waals surface area contributed by atoms with Crippen LogP contribution in [0.25, 0.3) is 11.0 Å². The van der Waals surface area contributed by atoms with E-state index in [0.717, 1.165) is 5.52 Å². The first-order valence-electron chi connectivity index (χ1n) is 5.66. The van der Waals surface area contributed by atoms with Gasteiger partial charge in [-0.3, -0.25) is 9.97 Å². The maximum absolute atomic E-state index is 14.1. The number of rotatable bonds is 3. The first kappa shape index (κ1) is 12.1. The number of benzene rings is 1. The first-order valence-corrected chi connectivity index (χ1v) is 6.87. The molecule has 0 saturated heterocycles. The Hall–Kier alpha value is -1.92. The van der Waals surface area contributed by atoms with Crippen molar-refractivity contribution in [1.82, 2.24) is 15.0 Å². The summed E-state index contributed by atoms with van der Waals surface area (Å²) in [6.45, 7) is 0. The molecule has 0 saturated carbocycles. The minimum atomic E-state index is -1.91. The lowest BCUT2D eigenvalue weighted by molar-refractivity contribution is 0.421. The molecule has 19 heavy (non-hydrogen) atoms. The summed E-state index contributed by atoms with van der Waals surface area (Å²) in [5, 5.41) is 0.124.